The Bertz CT molecular complexity index is 6050. The lowest BCUT2D eigenvalue weighted by molar-refractivity contribution is 0.590. The minimum Gasteiger partial charge on any atom is -0.310 e. The first-order valence-corrected chi connectivity index (χ1v) is 35.3. The molecule has 19 rings (SSSR count). The Kier molecular flexibility index (Phi) is 13.1. The molecule has 15 aromatic carbocycles. The first-order chi connectivity index (χ1) is 47.9. The van der Waals surface area contributed by atoms with E-state index >= 15 is 0 Å². The highest BCUT2D eigenvalue weighted by atomic mass is 32.1. The summed E-state index contributed by atoms with van der Waals surface area (Å²) in [6.07, 6.45) is 0. The molecule has 0 fully saturated rings. The molecule has 2 aliphatic heterocycles. The van der Waals surface area contributed by atoms with E-state index in [2.05, 4.69) is 360 Å². The van der Waals surface area contributed by atoms with Crippen LogP contribution in [0.25, 0.3) is 148 Å². The number of aromatic nitrogens is 1. The lowest BCUT2D eigenvalue weighted by Crippen LogP contribution is -2.59. The van der Waals surface area contributed by atoms with Gasteiger partial charge >= 0.3 is 0 Å². The minimum atomic E-state index is -0.167. The largest absolute Gasteiger partial charge is 0.310 e. The van der Waals surface area contributed by atoms with Crippen molar-refractivity contribution in [1.29, 1.82) is 0 Å². The average Bonchev–Trinajstić information content (AvgIpc) is 0.913. The maximum atomic E-state index is 2.74. The average molecular weight is 1270 g/mol. The maximum absolute atomic E-state index is 2.74. The molecular formula is C94H69BN2S. The van der Waals surface area contributed by atoms with Crippen molar-refractivity contribution in [3.63, 3.8) is 0 Å². The maximum Gasteiger partial charge on any atom is 0.264 e. The second kappa shape index (κ2) is 22.1. The molecule has 0 saturated heterocycles. The number of nitrogens with zero attached hydrogens (tertiary/aromatic N) is 2. The molecular weight excluding hydrogens is 1200 g/mol. The SMILES string of the molecule is CC(C)(C)c1ccc(N2c3cc(-c4c(-c5ccccc5)cc(-c5ccccc5)cc4-c4ccccc4)cc4c3B(c3sc5ccc(C(C)(C)C)cc5c32)c2cc3c5ccccc5c5ccccc5c3c3c5cc(-c6ccccc6-c6ccccc6)ccc5n-4c23)c(-c2ccccc2)c1. The van der Waals surface area contributed by atoms with Gasteiger partial charge in [0.15, 0.2) is 0 Å². The van der Waals surface area contributed by atoms with Gasteiger partial charge in [-0.25, -0.2) is 0 Å². The lowest BCUT2D eigenvalue weighted by atomic mass is 9.36. The van der Waals surface area contributed by atoms with Crippen molar-refractivity contribution in [2.45, 2.75) is 52.4 Å². The number of thiophene rings is 1. The summed E-state index contributed by atoms with van der Waals surface area (Å²) < 4.78 is 5.37. The fourth-order valence-corrected chi connectivity index (χ4v) is 17.9. The predicted molar refractivity (Wildman–Crippen MR) is 423 cm³/mol. The van der Waals surface area contributed by atoms with E-state index < -0.39 is 0 Å². The fraction of sp³-hybridized carbons (Fsp3) is 0.0851. The van der Waals surface area contributed by atoms with Gasteiger partial charge in [-0.1, -0.05) is 290 Å². The normalized spacial score (nSPS) is 12.8. The third kappa shape index (κ3) is 9.01. The van der Waals surface area contributed by atoms with Crippen LogP contribution in [0.2, 0.25) is 0 Å². The van der Waals surface area contributed by atoms with Gasteiger partial charge in [0.2, 0.25) is 0 Å². The molecule has 0 saturated carbocycles. The molecule has 0 aliphatic carbocycles. The summed E-state index contributed by atoms with van der Waals surface area (Å²) in [6, 6.07) is 118. The lowest BCUT2D eigenvalue weighted by Gasteiger charge is -2.40. The fourth-order valence-electron chi connectivity index (χ4n) is 16.6. The highest BCUT2D eigenvalue weighted by molar-refractivity contribution is 7.33. The molecule has 464 valence electrons. The third-order valence-electron chi connectivity index (χ3n) is 21.2. The molecule has 17 aromatic rings. The molecule has 0 amide bonds. The van der Waals surface area contributed by atoms with Crippen LogP contribution in [0.5, 0.6) is 0 Å². The molecule has 2 aromatic heterocycles. The number of rotatable bonds is 8. The third-order valence-corrected chi connectivity index (χ3v) is 22.5. The Labute approximate surface area is 577 Å². The zero-order valence-electron chi connectivity index (χ0n) is 55.8. The number of hydrogen-bond donors (Lipinski definition) is 0. The van der Waals surface area contributed by atoms with Gasteiger partial charge in [-0.05, 0) is 193 Å². The summed E-state index contributed by atoms with van der Waals surface area (Å²) in [5.41, 5.74) is 28.8. The minimum absolute atomic E-state index is 0.113. The van der Waals surface area contributed by atoms with Crippen molar-refractivity contribution in [1.82, 2.24) is 4.57 Å². The van der Waals surface area contributed by atoms with Crippen LogP contribution in [0.3, 0.4) is 0 Å². The molecule has 0 N–H and O–H groups in total. The topological polar surface area (TPSA) is 8.17 Å². The van der Waals surface area contributed by atoms with E-state index in [0.29, 0.717) is 0 Å². The summed E-state index contributed by atoms with van der Waals surface area (Å²) >= 11 is 1.99. The van der Waals surface area contributed by atoms with Crippen molar-refractivity contribution in [2.24, 2.45) is 0 Å². The molecule has 0 spiro atoms. The van der Waals surface area contributed by atoms with Crippen LogP contribution < -0.4 is 20.6 Å². The van der Waals surface area contributed by atoms with Crippen molar-refractivity contribution in [2.75, 3.05) is 4.90 Å². The summed E-state index contributed by atoms with van der Waals surface area (Å²) in [5, 5.41) is 11.4. The highest BCUT2D eigenvalue weighted by Crippen LogP contribution is 2.54. The van der Waals surface area contributed by atoms with Crippen molar-refractivity contribution < 1.29 is 0 Å². The van der Waals surface area contributed by atoms with E-state index in [-0.39, 0.29) is 17.5 Å². The first-order valence-electron chi connectivity index (χ1n) is 34.5. The standard InChI is InChI=1S/C94H69BN2S/c1-93(2,3)66-45-48-81(74(55-66)60-32-16-9-17-33-60)96-83-53-65(86-75(61-34-18-10-19-35-61)51-64(58-28-12-7-13-29-58)52-76(86)62-36-20-11-21-37-62)54-84-89(83)95(92-90(96)79-56-67(94(4,5)6)46-49-85(79)98-92)80-57-77-72-42-25-24-40-70(72)71-41-26-27-43-73(71)87(77)88-78-50-63(44-47-82(78)97(84)91(80)88)69-39-23-22-38-68(69)59-30-14-8-15-31-59/h7-57H,1-6H3. The van der Waals surface area contributed by atoms with Crippen LogP contribution in [0, 0.1) is 0 Å². The Morgan fingerprint density at radius 2 is 0.796 bits per heavy atom. The van der Waals surface area contributed by atoms with Gasteiger partial charge in [-0.3, -0.25) is 0 Å². The molecule has 4 heterocycles. The van der Waals surface area contributed by atoms with Crippen molar-refractivity contribution >= 4 is 115 Å². The van der Waals surface area contributed by atoms with Gasteiger partial charge in [-0.2, -0.15) is 0 Å². The summed E-state index contributed by atoms with van der Waals surface area (Å²) in [5.74, 6) is 0. The molecule has 0 radical (unpaired) electrons. The van der Waals surface area contributed by atoms with Crippen molar-refractivity contribution in [3.8, 4) is 83.6 Å². The number of benzene rings is 15. The van der Waals surface area contributed by atoms with Crippen LogP contribution in [-0.2, 0) is 10.8 Å². The summed E-state index contributed by atoms with van der Waals surface area (Å²) in [7, 11) is 0. The van der Waals surface area contributed by atoms with Gasteiger partial charge in [-0.15, -0.1) is 11.3 Å². The molecule has 98 heavy (non-hydrogen) atoms. The number of anilines is 3. The van der Waals surface area contributed by atoms with E-state index in [1.807, 2.05) is 11.3 Å². The van der Waals surface area contributed by atoms with Crippen LogP contribution >= 0.6 is 11.3 Å². The van der Waals surface area contributed by atoms with Crippen molar-refractivity contribution in [3.05, 3.63) is 321 Å². The zero-order valence-corrected chi connectivity index (χ0v) is 56.6. The van der Waals surface area contributed by atoms with Gasteiger partial charge in [0.05, 0.1) is 22.4 Å². The van der Waals surface area contributed by atoms with Gasteiger partial charge in [0, 0.05) is 48.0 Å². The van der Waals surface area contributed by atoms with Crippen LogP contribution in [0.15, 0.2) is 309 Å². The first kappa shape index (κ1) is 58.1. The summed E-state index contributed by atoms with van der Waals surface area (Å²) in [6.45, 7) is 14.0. The van der Waals surface area contributed by atoms with E-state index in [0.717, 1.165) is 22.4 Å². The highest BCUT2D eigenvalue weighted by Gasteiger charge is 2.46. The number of fused-ring (bicyclic) bond motifs is 16. The Balaban J connectivity index is 1.04. The smallest absolute Gasteiger partial charge is 0.264 e. The van der Waals surface area contributed by atoms with Crippen LogP contribution in [-0.4, -0.2) is 11.3 Å². The van der Waals surface area contributed by atoms with E-state index in [1.54, 1.807) is 0 Å². The Hall–Kier alpha value is -11.3. The molecule has 0 unspecified atom stereocenters. The quantitative estimate of drug-likeness (QED) is 0.109. The van der Waals surface area contributed by atoms with Gasteiger partial charge in [0.1, 0.15) is 0 Å². The van der Waals surface area contributed by atoms with Crippen LogP contribution in [0.1, 0.15) is 52.7 Å². The second-order valence-electron chi connectivity index (χ2n) is 29.0. The monoisotopic (exact) mass is 1270 g/mol. The predicted octanol–water partition coefficient (Wildman–Crippen LogP) is 24.3. The van der Waals surface area contributed by atoms with Crippen LogP contribution in [0.4, 0.5) is 17.1 Å². The molecule has 2 nitrogen and oxygen atoms in total. The van der Waals surface area contributed by atoms with Gasteiger partial charge < -0.3 is 9.47 Å². The van der Waals surface area contributed by atoms with E-state index in [9.17, 15) is 0 Å². The van der Waals surface area contributed by atoms with Gasteiger partial charge in [0.25, 0.3) is 6.71 Å². The molecule has 0 atom stereocenters. The molecule has 2 aliphatic rings. The second-order valence-corrected chi connectivity index (χ2v) is 30.1. The molecule has 4 heteroatoms. The Morgan fingerprint density at radius 3 is 1.40 bits per heavy atom. The zero-order chi connectivity index (χ0) is 65.7. The Morgan fingerprint density at radius 1 is 0.306 bits per heavy atom. The number of hydrogen-bond acceptors (Lipinski definition) is 2. The van der Waals surface area contributed by atoms with E-state index in [4.69, 9.17) is 0 Å². The summed E-state index contributed by atoms with van der Waals surface area (Å²) in [4.78, 5) is 2.74. The van der Waals surface area contributed by atoms with E-state index in [1.165, 1.54) is 169 Å². The molecule has 0 bridgehead atoms.